The van der Waals surface area contributed by atoms with Gasteiger partial charge in [0.25, 0.3) is 0 Å². The van der Waals surface area contributed by atoms with Crippen LogP contribution in [0.2, 0.25) is 0 Å². The lowest BCUT2D eigenvalue weighted by molar-refractivity contribution is -0.120. The molecule has 2 aromatic rings. The smallest absolute Gasteiger partial charge is 0.242 e. The zero-order valence-corrected chi connectivity index (χ0v) is 11.8. The summed E-state index contributed by atoms with van der Waals surface area (Å²) in [4.78, 5) is 14.1. The minimum absolute atomic E-state index is 0.0453. The summed E-state index contributed by atoms with van der Waals surface area (Å²) in [5.41, 5.74) is 6.84. The molecule has 7 nitrogen and oxygen atoms in total. The predicted octanol–water partition coefficient (Wildman–Crippen LogP) is 0.165. The van der Waals surface area contributed by atoms with Gasteiger partial charge in [-0.05, 0) is 18.2 Å². The first kappa shape index (κ1) is 14.4. The molecule has 20 heavy (non-hydrogen) atoms. The molecule has 1 aromatic heterocycles. The van der Waals surface area contributed by atoms with Crippen LogP contribution in [0, 0.1) is 0 Å². The molecule has 0 atom stereocenters. The molecule has 1 aromatic carbocycles. The molecular formula is C12H16N4O3S. The van der Waals surface area contributed by atoms with E-state index in [0.717, 1.165) is 0 Å². The zero-order valence-electron chi connectivity index (χ0n) is 10.9. The maximum atomic E-state index is 12.2. The topological polar surface area (TPSA) is 117 Å². The largest absolute Gasteiger partial charge is 0.399 e. The number of fused-ring (bicyclic) bond motifs is 1. The Morgan fingerprint density at radius 1 is 1.40 bits per heavy atom. The zero-order chi connectivity index (χ0) is 14.8. The highest BCUT2D eigenvalue weighted by Gasteiger charge is 2.18. The van der Waals surface area contributed by atoms with Gasteiger partial charge in [-0.2, -0.15) is 0 Å². The van der Waals surface area contributed by atoms with Gasteiger partial charge < -0.3 is 16.0 Å². The first-order chi connectivity index (χ1) is 9.44. The highest BCUT2D eigenvalue weighted by atomic mass is 32.2. The van der Waals surface area contributed by atoms with Crippen LogP contribution in [0.3, 0.4) is 0 Å². The van der Waals surface area contributed by atoms with Crippen molar-refractivity contribution in [3.63, 3.8) is 0 Å². The highest BCUT2D eigenvalue weighted by molar-refractivity contribution is 7.89. The Hall–Kier alpha value is -2.06. The van der Waals surface area contributed by atoms with Crippen LogP contribution in [-0.4, -0.2) is 32.9 Å². The molecule has 0 bridgehead atoms. The lowest BCUT2D eigenvalue weighted by Gasteiger charge is -2.05. The Bertz CT molecular complexity index is 736. The number of aromatic nitrogens is 1. The number of carbonyl (C=O) groups excluding carboxylic acids is 1. The van der Waals surface area contributed by atoms with Gasteiger partial charge in [0.05, 0.1) is 0 Å². The van der Waals surface area contributed by atoms with Crippen LogP contribution in [0.25, 0.3) is 10.9 Å². The maximum Gasteiger partial charge on any atom is 0.242 e. The lowest BCUT2D eigenvalue weighted by atomic mass is 10.2. The number of nitrogens with two attached hydrogens (primary N) is 1. The Balaban J connectivity index is 2.21. The Morgan fingerprint density at radius 3 is 2.85 bits per heavy atom. The number of hydrogen-bond acceptors (Lipinski definition) is 4. The molecule has 0 spiro atoms. The molecule has 0 aliphatic carbocycles. The normalized spacial score (nSPS) is 11.7. The second-order valence-electron chi connectivity index (χ2n) is 4.28. The fraction of sp³-hybridized carbons (Fsp3) is 0.250. The van der Waals surface area contributed by atoms with Crippen molar-refractivity contribution < 1.29 is 13.2 Å². The summed E-state index contributed by atoms with van der Waals surface area (Å²) < 4.78 is 26.7. The molecule has 1 heterocycles. The van der Waals surface area contributed by atoms with Crippen molar-refractivity contribution in [3.8, 4) is 0 Å². The SMILES string of the molecule is CNC(=O)CCNS(=O)(=O)c1c[nH]c2cc(N)ccc12. The molecule has 0 aliphatic rings. The Kier molecular flexibility index (Phi) is 3.96. The predicted molar refractivity (Wildman–Crippen MR) is 76.6 cm³/mol. The quantitative estimate of drug-likeness (QED) is 0.588. The van der Waals surface area contributed by atoms with Gasteiger partial charge >= 0.3 is 0 Å². The third kappa shape index (κ3) is 2.91. The van der Waals surface area contributed by atoms with Gasteiger partial charge in [0.15, 0.2) is 0 Å². The van der Waals surface area contributed by atoms with Gasteiger partial charge in [0.2, 0.25) is 15.9 Å². The van der Waals surface area contributed by atoms with E-state index in [2.05, 4.69) is 15.0 Å². The summed E-state index contributed by atoms with van der Waals surface area (Å²) in [6.45, 7) is 0.0453. The van der Waals surface area contributed by atoms with E-state index in [1.54, 1.807) is 18.2 Å². The summed E-state index contributed by atoms with van der Waals surface area (Å²) in [6.07, 6.45) is 1.50. The van der Waals surface area contributed by atoms with E-state index in [9.17, 15) is 13.2 Å². The molecule has 0 aliphatic heterocycles. The molecular weight excluding hydrogens is 280 g/mol. The second kappa shape index (κ2) is 5.51. The van der Waals surface area contributed by atoms with E-state index < -0.39 is 10.0 Å². The molecule has 0 radical (unpaired) electrons. The minimum atomic E-state index is -3.66. The van der Waals surface area contributed by atoms with Crippen molar-refractivity contribution in [2.24, 2.45) is 0 Å². The van der Waals surface area contributed by atoms with Crippen LogP contribution in [-0.2, 0) is 14.8 Å². The number of benzene rings is 1. The average Bonchev–Trinajstić information content (AvgIpc) is 2.81. The van der Waals surface area contributed by atoms with Crippen molar-refractivity contribution in [1.29, 1.82) is 0 Å². The number of H-pyrrole nitrogens is 1. The van der Waals surface area contributed by atoms with E-state index >= 15 is 0 Å². The van der Waals surface area contributed by atoms with Crippen LogP contribution in [0.4, 0.5) is 5.69 Å². The fourth-order valence-corrected chi connectivity index (χ4v) is 3.05. The number of amides is 1. The van der Waals surface area contributed by atoms with Crippen molar-refractivity contribution in [1.82, 2.24) is 15.0 Å². The molecule has 2 rings (SSSR count). The molecule has 5 N–H and O–H groups in total. The minimum Gasteiger partial charge on any atom is -0.399 e. The van der Waals surface area contributed by atoms with Crippen molar-refractivity contribution in [2.75, 3.05) is 19.3 Å². The third-order valence-corrected chi connectivity index (χ3v) is 4.38. The number of nitrogen functional groups attached to an aromatic ring is 1. The molecule has 0 saturated carbocycles. The van der Waals surface area contributed by atoms with Crippen LogP contribution >= 0.6 is 0 Å². The van der Waals surface area contributed by atoms with Crippen LogP contribution in [0.1, 0.15) is 6.42 Å². The van der Waals surface area contributed by atoms with Crippen LogP contribution < -0.4 is 15.8 Å². The van der Waals surface area contributed by atoms with E-state index in [1.165, 1.54) is 13.2 Å². The highest BCUT2D eigenvalue weighted by Crippen LogP contribution is 2.24. The van der Waals surface area contributed by atoms with Crippen molar-refractivity contribution in [3.05, 3.63) is 24.4 Å². The van der Waals surface area contributed by atoms with E-state index in [-0.39, 0.29) is 23.8 Å². The first-order valence-corrected chi connectivity index (χ1v) is 7.49. The monoisotopic (exact) mass is 296 g/mol. The van der Waals surface area contributed by atoms with Crippen LogP contribution in [0.15, 0.2) is 29.3 Å². The van der Waals surface area contributed by atoms with Crippen LogP contribution in [0.5, 0.6) is 0 Å². The number of hydrogen-bond donors (Lipinski definition) is 4. The number of anilines is 1. The lowest BCUT2D eigenvalue weighted by Crippen LogP contribution is -2.29. The van der Waals surface area contributed by atoms with Gasteiger partial charge in [0.1, 0.15) is 4.90 Å². The van der Waals surface area contributed by atoms with E-state index in [1.807, 2.05) is 0 Å². The number of nitrogens with one attached hydrogen (secondary N) is 3. The molecule has 0 unspecified atom stereocenters. The Labute approximate surface area is 116 Å². The number of sulfonamides is 1. The van der Waals surface area contributed by atoms with E-state index in [0.29, 0.717) is 16.6 Å². The van der Waals surface area contributed by atoms with Crippen molar-refractivity contribution >= 4 is 32.5 Å². The van der Waals surface area contributed by atoms with Gasteiger partial charge in [-0.1, -0.05) is 0 Å². The van der Waals surface area contributed by atoms with Crippen molar-refractivity contribution in [2.45, 2.75) is 11.3 Å². The molecule has 108 valence electrons. The number of aromatic amines is 1. The van der Waals surface area contributed by atoms with Gasteiger partial charge in [-0.3, -0.25) is 4.79 Å². The van der Waals surface area contributed by atoms with Gasteiger partial charge in [0, 0.05) is 42.8 Å². The third-order valence-electron chi connectivity index (χ3n) is 2.88. The average molecular weight is 296 g/mol. The summed E-state index contributed by atoms with van der Waals surface area (Å²) in [6, 6.07) is 4.95. The molecule has 0 saturated heterocycles. The summed E-state index contributed by atoms with van der Waals surface area (Å²) in [5.74, 6) is -0.223. The molecule has 1 amide bonds. The van der Waals surface area contributed by atoms with E-state index in [4.69, 9.17) is 5.73 Å². The Morgan fingerprint density at radius 2 is 2.15 bits per heavy atom. The van der Waals surface area contributed by atoms with Gasteiger partial charge in [-0.25, -0.2) is 13.1 Å². The fourth-order valence-electron chi connectivity index (χ4n) is 1.84. The standard InChI is InChI=1S/C12H16N4O3S/c1-14-12(17)4-5-16-20(18,19)11-7-15-10-6-8(13)2-3-9(10)11/h2-3,6-7,15-16H,4-5,13H2,1H3,(H,14,17). The summed E-state index contributed by atoms with van der Waals surface area (Å²) >= 11 is 0. The summed E-state index contributed by atoms with van der Waals surface area (Å²) in [5, 5.41) is 2.99. The molecule has 8 heteroatoms. The summed E-state index contributed by atoms with van der Waals surface area (Å²) in [7, 11) is -2.16. The number of rotatable bonds is 5. The van der Waals surface area contributed by atoms with Gasteiger partial charge in [-0.15, -0.1) is 0 Å². The first-order valence-electron chi connectivity index (χ1n) is 6.01. The maximum absolute atomic E-state index is 12.2. The number of carbonyl (C=O) groups is 1. The second-order valence-corrected chi connectivity index (χ2v) is 6.01. The molecule has 0 fully saturated rings.